The molecule has 0 saturated heterocycles. The Morgan fingerprint density at radius 1 is 0.581 bits per heavy atom. The topological polar surface area (TPSA) is 4.41 Å². The molecule has 8 rings (SSSR count). The van der Waals surface area contributed by atoms with Crippen molar-refractivity contribution in [2.45, 2.75) is 0 Å². The molecule has 3 heterocycles. The molecule has 0 amide bonds. The number of rotatable bonds is 0. The Kier molecular flexibility index (Phi) is 2.89. The summed E-state index contributed by atoms with van der Waals surface area (Å²) in [5.41, 5.74) is 3.71. The summed E-state index contributed by atoms with van der Waals surface area (Å²) in [7, 11) is 0. The van der Waals surface area contributed by atoms with Crippen LogP contribution in [0, 0.1) is 0 Å². The highest BCUT2D eigenvalue weighted by molar-refractivity contribution is 7.26. The lowest BCUT2D eigenvalue weighted by Gasteiger charge is -2.06. The van der Waals surface area contributed by atoms with Gasteiger partial charge >= 0.3 is 0 Å². The molecule has 0 spiro atoms. The monoisotopic (exact) mass is 431 g/mol. The average molecular weight is 432 g/mol. The van der Waals surface area contributed by atoms with E-state index in [2.05, 4.69) is 83.3 Å². The summed E-state index contributed by atoms with van der Waals surface area (Å²) in [5, 5.41) is 11.2. The van der Waals surface area contributed by atoms with Crippen LogP contribution in [0.4, 0.5) is 0 Å². The van der Waals surface area contributed by atoms with Gasteiger partial charge in [-0.15, -0.1) is 11.3 Å². The molecule has 0 atom stereocenters. The first-order chi connectivity index (χ1) is 15.3. The van der Waals surface area contributed by atoms with Gasteiger partial charge in [-0.25, -0.2) is 0 Å². The predicted octanol–water partition coefficient (Wildman–Crippen LogP) is 9.01. The first kappa shape index (κ1) is 16.4. The Bertz CT molecular complexity index is 2010. The molecule has 3 aromatic heterocycles. The Balaban J connectivity index is 1.94. The number of benzene rings is 5. The summed E-state index contributed by atoms with van der Waals surface area (Å²) < 4.78 is 5.15. The Morgan fingerprint density at radius 2 is 1.35 bits per heavy atom. The summed E-state index contributed by atoms with van der Waals surface area (Å²) in [4.78, 5) is 0. The third-order valence-corrected chi connectivity index (χ3v) is 8.08. The minimum atomic E-state index is 0.766. The van der Waals surface area contributed by atoms with Crippen LogP contribution in [-0.4, -0.2) is 4.40 Å². The van der Waals surface area contributed by atoms with Gasteiger partial charge in [0.25, 0.3) is 0 Å². The van der Waals surface area contributed by atoms with E-state index in [0.29, 0.717) is 0 Å². The van der Waals surface area contributed by atoms with Crippen LogP contribution in [0.1, 0.15) is 0 Å². The molecular weight excluding hydrogens is 418 g/mol. The molecule has 1 nitrogen and oxygen atoms in total. The van der Waals surface area contributed by atoms with E-state index in [1.807, 2.05) is 17.4 Å². The van der Waals surface area contributed by atoms with E-state index in [0.717, 1.165) is 5.02 Å². The number of aromatic nitrogens is 1. The van der Waals surface area contributed by atoms with Gasteiger partial charge in [0, 0.05) is 46.7 Å². The lowest BCUT2D eigenvalue weighted by molar-refractivity contribution is 1.37. The van der Waals surface area contributed by atoms with Crippen molar-refractivity contribution in [2.75, 3.05) is 0 Å². The van der Waals surface area contributed by atoms with Crippen LogP contribution in [0.5, 0.6) is 0 Å². The van der Waals surface area contributed by atoms with Gasteiger partial charge in [0.1, 0.15) is 0 Å². The molecule has 5 aromatic carbocycles. The van der Waals surface area contributed by atoms with Crippen molar-refractivity contribution in [1.82, 2.24) is 4.40 Å². The van der Waals surface area contributed by atoms with Crippen LogP contribution >= 0.6 is 22.9 Å². The van der Waals surface area contributed by atoms with Crippen molar-refractivity contribution >= 4 is 92.0 Å². The predicted molar refractivity (Wildman–Crippen MR) is 137 cm³/mol. The smallest absolute Gasteiger partial charge is 0.0634 e. The number of thiophene rings is 1. The van der Waals surface area contributed by atoms with E-state index >= 15 is 0 Å². The molecule has 31 heavy (non-hydrogen) atoms. The van der Waals surface area contributed by atoms with Crippen molar-refractivity contribution in [3.05, 3.63) is 90.0 Å². The standard InChI is InChI=1S/C28H14ClNS/c29-16-11-12-18-20-8-3-9-21-19-7-4-10-23-25(19)26-24(31-23)13-15-5-1-2-6-17(15)28(26)30(27(20)21)22(18)14-16/h1-14H. The molecule has 0 unspecified atom stereocenters. The summed E-state index contributed by atoms with van der Waals surface area (Å²) >= 11 is 8.42. The second kappa shape index (κ2) is 5.47. The van der Waals surface area contributed by atoms with Crippen LogP contribution < -0.4 is 0 Å². The largest absolute Gasteiger partial charge is 0.307 e. The third kappa shape index (κ3) is 1.89. The van der Waals surface area contributed by atoms with E-state index < -0.39 is 0 Å². The molecule has 0 aliphatic rings. The van der Waals surface area contributed by atoms with Crippen LogP contribution in [-0.2, 0) is 0 Å². The second-order valence-corrected chi connectivity index (χ2v) is 9.82. The maximum Gasteiger partial charge on any atom is 0.0634 e. The molecule has 3 heteroatoms. The number of para-hydroxylation sites is 1. The van der Waals surface area contributed by atoms with Gasteiger partial charge in [-0.2, -0.15) is 0 Å². The van der Waals surface area contributed by atoms with Crippen molar-refractivity contribution in [2.24, 2.45) is 0 Å². The molecule has 0 radical (unpaired) electrons. The number of hydrogen-bond donors (Lipinski definition) is 0. The molecule has 144 valence electrons. The molecule has 8 aromatic rings. The fourth-order valence-electron chi connectivity index (χ4n) is 5.56. The van der Waals surface area contributed by atoms with Gasteiger partial charge in [-0.05, 0) is 35.0 Å². The maximum absolute atomic E-state index is 6.53. The van der Waals surface area contributed by atoms with E-state index in [9.17, 15) is 0 Å². The van der Waals surface area contributed by atoms with Gasteiger partial charge in [0.2, 0.25) is 0 Å². The molecule has 0 aliphatic heterocycles. The van der Waals surface area contributed by atoms with Crippen molar-refractivity contribution in [3.63, 3.8) is 0 Å². The van der Waals surface area contributed by atoms with Gasteiger partial charge in [0.15, 0.2) is 0 Å². The van der Waals surface area contributed by atoms with Crippen LogP contribution in [0.15, 0.2) is 84.9 Å². The molecule has 0 bridgehead atoms. The van der Waals surface area contributed by atoms with Crippen molar-refractivity contribution < 1.29 is 0 Å². The van der Waals surface area contributed by atoms with Crippen LogP contribution in [0.3, 0.4) is 0 Å². The Morgan fingerprint density at radius 3 is 2.29 bits per heavy atom. The fourth-order valence-corrected chi connectivity index (χ4v) is 6.91. The Labute approximate surface area is 186 Å². The highest BCUT2D eigenvalue weighted by atomic mass is 35.5. The van der Waals surface area contributed by atoms with Crippen molar-refractivity contribution in [3.8, 4) is 0 Å². The average Bonchev–Trinajstić information content (AvgIpc) is 3.27. The van der Waals surface area contributed by atoms with Gasteiger partial charge < -0.3 is 4.40 Å². The van der Waals surface area contributed by atoms with Gasteiger partial charge in [-0.3, -0.25) is 0 Å². The quantitative estimate of drug-likeness (QED) is 0.225. The SMILES string of the molecule is Clc1ccc2c3cccc4c5cccc6sc7cc8ccccc8c(c7c65)n(c2c1)c43. The molecular formula is C28H14ClNS. The minimum Gasteiger partial charge on any atom is -0.307 e. The zero-order valence-corrected chi connectivity index (χ0v) is 17.9. The summed E-state index contributed by atoms with van der Waals surface area (Å²) in [6.45, 7) is 0. The number of hydrogen-bond acceptors (Lipinski definition) is 1. The number of halogens is 1. The second-order valence-electron chi connectivity index (χ2n) is 8.30. The number of fused-ring (bicyclic) bond motifs is 7. The summed E-state index contributed by atoms with van der Waals surface area (Å²) in [6.07, 6.45) is 0. The summed E-state index contributed by atoms with van der Waals surface area (Å²) in [6, 6.07) is 30.8. The zero-order valence-electron chi connectivity index (χ0n) is 16.3. The molecule has 0 aliphatic carbocycles. The first-order valence-corrected chi connectivity index (χ1v) is 11.6. The van der Waals surface area contributed by atoms with Gasteiger partial charge in [-0.1, -0.05) is 72.3 Å². The maximum atomic E-state index is 6.53. The lowest BCUT2D eigenvalue weighted by Crippen LogP contribution is -1.87. The van der Waals surface area contributed by atoms with Crippen molar-refractivity contribution in [1.29, 1.82) is 0 Å². The Hall–Kier alpha value is -3.33. The fraction of sp³-hybridized carbons (Fsp3) is 0. The molecule has 0 fully saturated rings. The lowest BCUT2D eigenvalue weighted by atomic mass is 10.0. The summed E-state index contributed by atoms with van der Waals surface area (Å²) in [5.74, 6) is 0. The molecule has 0 N–H and O–H groups in total. The van der Waals surface area contributed by atoms with E-state index in [1.54, 1.807) is 0 Å². The van der Waals surface area contributed by atoms with E-state index in [1.165, 1.54) is 69.0 Å². The van der Waals surface area contributed by atoms with E-state index in [-0.39, 0.29) is 0 Å². The van der Waals surface area contributed by atoms with Crippen LogP contribution in [0.2, 0.25) is 5.02 Å². The normalized spacial score (nSPS) is 12.7. The van der Waals surface area contributed by atoms with Crippen LogP contribution in [0.25, 0.3) is 69.0 Å². The molecule has 0 saturated carbocycles. The highest BCUT2D eigenvalue weighted by Crippen LogP contribution is 2.47. The minimum absolute atomic E-state index is 0.766. The number of nitrogens with zero attached hydrogens (tertiary/aromatic N) is 1. The van der Waals surface area contributed by atoms with E-state index in [4.69, 9.17) is 11.6 Å². The first-order valence-electron chi connectivity index (χ1n) is 10.4. The van der Waals surface area contributed by atoms with Gasteiger partial charge in [0.05, 0.1) is 16.6 Å². The highest BCUT2D eigenvalue weighted by Gasteiger charge is 2.20. The third-order valence-electron chi connectivity index (χ3n) is 6.75. The zero-order chi connectivity index (χ0) is 20.3.